The van der Waals surface area contributed by atoms with Crippen molar-refractivity contribution in [2.45, 2.75) is 77.3 Å². The van der Waals surface area contributed by atoms with Gasteiger partial charge in [-0.2, -0.15) is 10.2 Å². The Kier molecular flexibility index (Phi) is 17.4. The highest BCUT2D eigenvalue weighted by molar-refractivity contribution is 5.95. The molecule has 6 N–H and O–H groups in total. The molecule has 0 spiro atoms. The van der Waals surface area contributed by atoms with Crippen molar-refractivity contribution in [3.05, 3.63) is 119 Å². The summed E-state index contributed by atoms with van der Waals surface area (Å²) in [5.74, 6) is 4.36. The van der Waals surface area contributed by atoms with Crippen molar-refractivity contribution in [1.82, 2.24) is 40.6 Å². The van der Waals surface area contributed by atoms with E-state index in [1.165, 1.54) is 44.2 Å². The fourth-order valence-electron chi connectivity index (χ4n) is 8.23. The van der Waals surface area contributed by atoms with Gasteiger partial charge in [0.05, 0.1) is 57.8 Å². The number of pyridine rings is 2. The number of rotatable bonds is 12. The SMILES string of the molecule is COc1ccc(Oc2ccc(C(=O)N3CC[C@H](c4nnc(N)cc4C)C[C@@H]3C)cc2OC)cn1.COc1ccc(Oc2ccc(C(=O)O)cc2OC)cn1.Cc1cc(N)nnc1[C@H]1CCN[C@@H](C)C1. The number of likely N-dealkylation sites (tertiary alicyclic amines) is 1. The molecule has 19 heteroatoms. The van der Waals surface area contributed by atoms with Gasteiger partial charge in [0.2, 0.25) is 11.8 Å². The van der Waals surface area contributed by atoms with Gasteiger partial charge in [-0.15, -0.1) is 10.2 Å². The fourth-order valence-corrected chi connectivity index (χ4v) is 8.23. The number of carbonyl (C=O) groups is 2. The number of nitrogen functional groups attached to an aromatic ring is 2. The van der Waals surface area contributed by atoms with Gasteiger partial charge >= 0.3 is 5.97 Å². The molecule has 19 nitrogen and oxygen atoms in total. The molecule has 2 fully saturated rings. The quantitative estimate of drug-likeness (QED) is 0.0913. The molecular formula is C50H60N10O9. The number of nitrogens with two attached hydrogens (primary N) is 2. The second kappa shape index (κ2) is 23.8. The van der Waals surface area contributed by atoms with Crippen LogP contribution in [0.4, 0.5) is 11.6 Å². The summed E-state index contributed by atoms with van der Waals surface area (Å²) in [7, 11) is 6.07. The molecule has 2 saturated heterocycles. The van der Waals surface area contributed by atoms with Crippen LogP contribution < -0.4 is 45.2 Å². The number of aromatic nitrogens is 6. The molecule has 0 unspecified atom stereocenters. The van der Waals surface area contributed by atoms with Gasteiger partial charge in [-0.05, 0) is 132 Å². The fraction of sp³-hybridized carbons (Fsp3) is 0.360. The lowest BCUT2D eigenvalue weighted by Gasteiger charge is -2.37. The van der Waals surface area contributed by atoms with Gasteiger partial charge in [-0.25, -0.2) is 14.8 Å². The topological polar surface area (TPSA) is 254 Å². The average Bonchev–Trinajstić information content (AvgIpc) is 3.35. The molecule has 4 aromatic heterocycles. The molecule has 69 heavy (non-hydrogen) atoms. The molecule has 0 saturated carbocycles. The number of aryl methyl sites for hydroxylation is 2. The van der Waals surface area contributed by atoms with E-state index in [1.807, 2.05) is 24.0 Å². The van der Waals surface area contributed by atoms with Crippen LogP contribution in [0.25, 0.3) is 0 Å². The Morgan fingerprint density at radius 2 is 1.14 bits per heavy atom. The third-order valence-electron chi connectivity index (χ3n) is 11.7. The van der Waals surface area contributed by atoms with Crippen LogP contribution in [0.1, 0.15) is 94.6 Å². The minimum atomic E-state index is -1.03. The van der Waals surface area contributed by atoms with E-state index < -0.39 is 5.97 Å². The van der Waals surface area contributed by atoms with Crippen LogP contribution in [0.5, 0.6) is 46.3 Å². The van der Waals surface area contributed by atoms with Crippen molar-refractivity contribution in [3.63, 3.8) is 0 Å². The van der Waals surface area contributed by atoms with Crippen molar-refractivity contribution in [1.29, 1.82) is 0 Å². The van der Waals surface area contributed by atoms with Crippen molar-refractivity contribution in [2.75, 3.05) is 53.0 Å². The van der Waals surface area contributed by atoms with E-state index in [2.05, 4.69) is 56.5 Å². The van der Waals surface area contributed by atoms with E-state index >= 15 is 0 Å². The molecule has 364 valence electrons. The average molecular weight is 945 g/mol. The maximum absolute atomic E-state index is 13.3. The summed E-state index contributed by atoms with van der Waals surface area (Å²) >= 11 is 0. The number of nitrogens with zero attached hydrogens (tertiary/aromatic N) is 7. The molecule has 2 aliphatic heterocycles. The Labute approximate surface area is 401 Å². The zero-order valence-electron chi connectivity index (χ0n) is 40.1. The Morgan fingerprint density at radius 3 is 1.58 bits per heavy atom. The predicted molar refractivity (Wildman–Crippen MR) is 259 cm³/mol. The molecule has 0 aliphatic carbocycles. The Bertz CT molecular complexity index is 2670. The predicted octanol–water partition coefficient (Wildman–Crippen LogP) is 7.79. The van der Waals surface area contributed by atoms with Crippen molar-refractivity contribution < 1.29 is 43.1 Å². The van der Waals surface area contributed by atoms with Gasteiger partial charge in [0.25, 0.3) is 5.91 Å². The molecule has 4 atom stereocenters. The number of amides is 1. The summed E-state index contributed by atoms with van der Waals surface area (Å²) in [5.41, 5.74) is 16.3. The molecule has 8 rings (SSSR count). The van der Waals surface area contributed by atoms with Crippen LogP contribution in [0.2, 0.25) is 0 Å². The summed E-state index contributed by atoms with van der Waals surface area (Å²) in [6, 6.07) is 20.8. The number of ether oxygens (including phenoxy) is 6. The number of benzene rings is 2. The molecule has 2 aliphatic rings. The van der Waals surface area contributed by atoms with E-state index in [-0.39, 0.29) is 23.4 Å². The lowest BCUT2D eigenvalue weighted by molar-refractivity contribution is 0.0612. The van der Waals surface area contributed by atoms with E-state index in [4.69, 9.17) is 45.0 Å². The lowest BCUT2D eigenvalue weighted by Crippen LogP contribution is -2.44. The third-order valence-corrected chi connectivity index (χ3v) is 11.7. The van der Waals surface area contributed by atoms with Gasteiger partial charge in [-0.1, -0.05) is 0 Å². The number of anilines is 2. The number of hydrogen-bond donors (Lipinski definition) is 4. The van der Waals surface area contributed by atoms with Crippen LogP contribution in [0.3, 0.4) is 0 Å². The highest BCUT2D eigenvalue weighted by atomic mass is 16.5. The van der Waals surface area contributed by atoms with E-state index in [0.717, 1.165) is 49.2 Å². The summed E-state index contributed by atoms with van der Waals surface area (Å²) in [5, 5.41) is 28.9. The van der Waals surface area contributed by atoms with Gasteiger partial charge in [0.15, 0.2) is 23.0 Å². The van der Waals surface area contributed by atoms with E-state index in [0.29, 0.717) is 82.0 Å². The summed E-state index contributed by atoms with van der Waals surface area (Å²) in [6.45, 7) is 10.0. The molecular weight excluding hydrogens is 885 g/mol. The van der Waals surface area contributed by atoms with Gasteiger partial charge in [-0.3, -0.25) is 4.79 Å². The van der Waals surface area contributed by atoms with Gasteiger partial charge in [0, 0.05) is 48.2 Å². The highest BCUT2D eigenvalue weighted by Crippen LogP contribution is 2.37. The normalized spacial score (nSPS) is 17.4. The minimum absolute atomic E-state index is 0.0398. The van der Waals surface area contributed by atoms with Crippen LogP contribution >= 0.6 is 0 Å². The molecule has 6 aromatic rings. The van der Waals surface area contributed by atoms with Crippen molar-refractivity contribution in [3.8, 4) is 46.3 Å². The first-order valence-electron chi connectivity index (χ1n) is 22.4. The standard InChI is InChI=1S/C25H29N5O4.C14H13NO5.C11H18N4/c1-15-11-22(26)28-29-24(15)17-9-10-30(16(2)12-17)25(31)18-5-7-20(21(13-18)32-3)34-19-6-8-23(33-4)27-14-19;1-18-12-7-9(14(16)17)3-5-11(12)20-10-4-6-13(19-2)15-8-10;1-7-5-10(12)14-15-11(7)9-3-4-13-8(2)6-9/h5-8,11,13-14,16-17H,9-10,12H2,1-4H3,(H2,26,28);3-8H,1-2H3,(H,16,17);5,8-9,13H,3-4,6H2,1-2H3,(H2,12,14)/t16-,17-;;8-,9-/m0.0/s1. The second-order valence-electron chi connectivity index (χ2n) is 16.6. The number of carboxylic acid groups (broad SMARTS) is 1. The first kappa shape index (κ1) is 50.6. The molecule has 2 aromatic carbocycles. The zero-order valence-corrected chi connectivity index (χ0v) is 40.1. The summed E-state index contributed by atoms with van der Waals surface area (Å²) in [4.78, 5) is 34.3. The second-order valence-corrected chi connectivity index (χ2v) is 16.6. The Balaban J connectivity index is 0.000000188. The minimum Gasteiger partial charge on any atom is -0.493 e. The first-order chi connectivity index (χ1) is 33.2. The molecule has 1 amide bonds. The smallest absolute Gasteiger partial charge is 0.335 e. The van der Waals surface area contributed by atoms with Gasteiger partial charge in [0.1, 0.15) is 23.1 Å². The van der Waals surface area contributed by atoms with Crippen LogP contribution in [0, 0.1) is 13.8 Å². The monoisotopic (exact) mass is 944 g/mol. The lowest BCUT2D eigenvalue weighted by atomic mass is 9.87. The number of nitrogens with one attached hydrogen (secondary N) is 1. The Morgan fingerprint density at radius 1 is 0.638 bits per heavy atom. The molecule has 6 heterocycles. The molecule has 0 radical (unpaired) electrons. The number of methoxy groups -OCH3 is 4. The zero-order chi connectivity index (χ0) is 49.6. The van der Waals surface area contributed by atoms with Crippen molar-refractivity contribution >= 4 is 23.5 Å². The number of piperidine rings is 2. The van der Waals surface area contributed by atoms with Crippen LogP contribution in [-0.2, 0) is 0 Å². The van der Waals surface area contributed by atoms with E-state index in [9.17, 15) is 9.59 Å². The van der Waals surface area contributed by atoms with Gasteiger partial charge < -0.3 is 55.2 Å². The van der Waals surface area contributed by atoms with Crippen LogP contribution in [0.15, 0.2) is 85.2 Å². The number of carboxylic acids is 1. The summed E-state index contributed by atoms with van der Waals surface area (Å²) in [6.07, 6.45) is 6.98. The maximum atomic E-state index is 13.3. The molecule has 0 bridgehead atoms. The number of carbonyl (C=O) groups excluding carboxylic acids is 1. The Hall–Kier alpha value is -7.80. The number of hydrogen-bond acceptors (Lipinski definition) is 17. The van der Waals surface area contributed by atoms with E-state index in [1.54, 1.807) is 62.9 Å². The van der Waals surface area contributed by atoms with Crippen molar-refractivity contribution in [2.24, 2.45) is 0 Å². The number of aromatic carboxylic acids is 1. The summed E-state index contributed by atoms with van der Waals surface area (Å²) < 4.78 is 32.1. The van der Waals surface area contributed by atoms with Crippen LogP contribution in [-0.4, -0.2) is 106 Å². The first-order valence-corrected chi connectivity index (χ1v) is 22.4. The highest BCUT2D eigenvalue weighted by Gasteiger charge is 2.32. The largest absolute Gasteiger partial charge is 0.493 e. The maximum Gasteiger partial charge on any atom is 0.335 e. The third kappa shape index (κ3) is 13.4.